The Balaban J connectivity index is 1.11. The molecule has 10 heteroatoms. The largest absolute Gasteiger partial charge is 0.368 e. The van der Waals surface area contributed by atoms with Crippen LogP contribution < -0.4 is 21.3 Å². The summed E-state index contributed by atoms with van der Waals surface area (Å²) in [4.78, 5) is 41.7. The Morgan fingerprint density at radius 1 is 1.05 bits per heavy atom. The number of piperidine rings is 1. The standard InChI is InChI=1S/C31H31F2N5O3/c32-21-11-19(12-22(33)14-21)25-6-8-31(7-2-10-35-31)29(41)38(25)17-26(39)36-23-5-4-18-15-30(16-20(18)13-23)24-3-1-9-34-27(24)37-28(30)40/h1,3-5,11-14,25,34-35H,2,6-10,15-17H2,(H,36,39)(H,37,40). The molecule has 1 aliphatic carbocycles. The smallest absolute Gasteiger partial charge is 0.244 e. The number of amides is 3. The minimum Gasteiger partial charge on any atom is -0.368 e. The molecule has 2 aromatic rings. The van der Waals surface area contributed by atoms with Crippen LogP contribution in [0.15, 0.2) is 59.9 Å². The number of nitrogens with one attached hydrogen (secondary N) is 4. The first-order valence-electron chi connectivity index (χ1n) is 14.2. The maximum Gasteiger partial charge on any atom is 0.244 e. The summed E-state index contributed by atoms with van der Waals surface area (Å²) < 4.78 is 28.2. The summed E-state index contributed by atoms with van der Waals surface area (Å²) >= 11 is 0. The van der Waals surface area contributed by atoms with Gasteiger partial charge >= 0.3 is 0 Å². The topological polar surface area (TPSA) is 103 Å². The van der Waals surface area contributed by atoms with Gasteiger partial charge in [0.2, 0.25) is 17.7 Å². The lowest BCUT2D eigenvalue weighted by Gasteiger charge is -2.44. The number of carbonyl (C=O) groups is 3. The molecule has 0 radical (unpaired) electrons. The summed E-state index contributed by atoms with van der Waals surface area (Å²) in [5.41, 5.74) is 2.51. The molecule has 2 fully saturated rings. The van der Waals surface area contributed by atoms with Gasteiger partial charge in [-0.1, -0.05) is 18.2 Å². The zero-order valence-corrected chi connectivity index (χ0v) is 22.5. The maximum atomic E-state index is 14.1. The molecule has 8 nitrogen and oxygen atoms in total. The highest BCUT2D eigenvalue weighted by Gasteiger charge is 2.52. The second-order valence-corrected chi connectivity index (χ2v) is 11.8. The summed E-state index contributed by atoms with van der Waals surface area (Å²) in [6.07, 6.45) is 7.66. The Morgan fingerprint density at radius 3 is 2.63 bits per heavy atom. The zero-order valence-electron chi connectivity index (χ0n) is 22.5. The predicted octanol–water partition coefficient (Wildman–Crippen LogP) is 2.98. The summed E-state index contributed by atoms with van der Waals surface area (Å²) in [6, 6.07) is 8.30. The van der Waals surface area contributed by atoms with Crippen molar-refractivity contribution in [1.29, 1.82) is 0 Å². The zero-order chi connectivity index (χ0) is 28.4. The van der Waals surface area contributed by atoms with Crippen molar-refractivity contribution in [2.45, 2.75) is 50.1 Å². The lowest BCUT2D eigenvalue weighted by Crippen LogP contribution is -2.60. The first kappa shape index (κ1) is 25.9. The third kappa shape index (κ3) is 4.23. The van der Waals surface area contributed by atoms with E-state index >= 15 is 0 Å². The second-order valence-electron chi connectivity index (χ2n) is 11.8. The van der Waals surface area contributed by atoms with Crippen LogP contribution in [-0.2, 0) is 27.2 Å². The lowest BCUT2D eigenvalue weighted by atomic mass is 9.78. The van der Waals surface area contributed by atoms with Crippen molar-refractivity contribution in [2.75, 3.05) is 25.0 Å². The van der Waals surface area contributed by atoms with Crippen LogP contribution >= 0.6 is 0 Å². The number of dihydropyridines is 1. The van der Waals surface area contributed by atoms with Gasteiger partial charge in [-0.2, -0.15) is 0 Å². The van der Waals surface area contributed by atoms with Crippen molar-refractivity contribution in [3.05, 3.63) is 88.3 Å². The quantitative estimate of drug-likeness (QED) is 0.462. The number of hydrogen-bond acceptors (Lipinski definition) is 5. The maximum absolute atomic E-state index is 14.1. The summed E-state index contributed by atoms with van der Waals surface area (Å²) in [7, 11) is 0. The van der Waals surface area contributed by atoms with E-state index in [0.29, 0.717) is 56.4 Å². The molecule has 7 rings (SSSR count). The van der Waals surface area contributed by atoms with E-state index in [9.17, 15) is 23.2 Å². The number of fused-ring (bicyclic) bond motifs is 2. The molecule has 4 aliphatic heterocycles. The minimum absolute atomic E-state index is 0.0266. The summed E-state index contributed by atoms with van der Waals surface area (Å²) in [5, 5.41) is 12.5. The molecule has 3 amide bonds. The fourth-order valence-electron chi connectivity index (χ4n) is 7.40. The van der Waals surface area contributed by atoms with E-state index in [1.165, 1.54) is 17.0 Å². The van der Waals surface area contributed by atoms with E-state index in [-0.39, 0.29) is 18.4 Å². The van der Waals surface area contributed by atoms with Crippen molar-refractivity contribution < 1.29 is 23.2 Å². The van der Waals surface area contributed by atoms with Gasteiger partial charge in [0, 0.05) is 23.9 Å². The fourth-order valence-corrected chi connectivity index (χ4v) is 7.40. The van der Waals surface area contributed by atoms with Crippen molar-refractivity contribution >= 4 is 23.4 Å². The summed E-state index contributed by atoms with van der Waals surface area (Å²) in [6.45, 7) is 1.13. The van der Waals surface area contributed by atoms with E-state index in [1.807, 2.05) is 30.4 Å². The first-order valence-corrected chi connectivity index (χ1v) is 14.2. The molecule has 212 valence electrons. The second kappa shape index (κ2) is 9.51. The fraction of sp³-hybridized carbons (Fsp3) is 0.387. The minimum atomic E-state index is -0.748. The van der Waals surface area contributed by atoms with Gasteiger partial charge in [-0.15, -0.1) is 0 Å². The predicted molar refractivity (Wildman–Crippen MR) is 147 cm³/mol. The van der Waals surface area contributed by atoms with Crippen LogP contribution in [0.1, 0.15) is 48.4 Å². The van der Waals surface area contributed by atoms with E-state index < -0.39 is 34.5 Å². The average molecular weight is 560 g/mol. The van der Waals surface area contributed by atoms with Gasteiger partial charge in [0.05, 0.1) is 17.0 Å². The van der Waals surface area contributed by atoms with Crippen molar-refractivity contribution in [1.82, 2.24) is 20.9 Å². The van der Waals surface area contributed by atoms with Crippen LogP contribution in [0.25, 0.3) is 0 Å². The van der Waals surface area contributed by atoms with E-state index in [1.54, 1.807) is 0 Å². The van der Waals surface area contributed by atoms with Crippen LogP contribution in [-0.4, -0.2) is 47.8 Å². The van der Waals surface area contributed by atoms with E-state index in [0.717, 1.165) is 35.0 Å². The lowest BCUT2D eigenvalue weighted by molar-refractivity contribution is -0.147. The summed E-state index contributed by atoms with van der Waals surface area (Å²) in [5.74, 6) is -1.30. The molecule has 5 aliphatic rings. The molecule has 2 spiro atoms. The highest BCUT2D eigenvalue weighted by atomic mass is 19.1. The van der Waals surface area contributed by atoms with Crippen molar-refractivity contribution in [3.63, 3.8) is 0 Å². The highest BCUT2D eigenvalue weighted by molar-refractivity contribution is 5.97. The number of rotatable bonds is 4. The first-order chi connectivity index (χ1) is 19.8. The number of halogens is 2. The highest BCUT2D eigenvalue weighted by Crippen LogP contribution is 2.48. The molecule has 0 bridgehead atoms. The molecule has 3 unspecified atom stereocenters. The third-order valence-electron chi connectivity index (χ3n) is 9.33. The van der Waals surface area contributed by atoms with Gasteiger partial charge in [0.25, 0.3) is 0 Å². The molecule has 0 aromatic heterocycles. The number of nitrogens with zero attached hydrogens (tertiary/aromatic N) is 1. The number of anilines is 1. The van der Waals surface area contributed by atoms with Crippen LogP contribution in [0.2, 0.25) is 0 Å². The monoisotopic (exact) mass is 559 g/mol. The van der Waals surface area contributed by atoms with Gasteiger partial charge in [0.15, 0.2) is 0 Å². The Labute approximate surface area is 236 Å². The van der Waals surface area contributed by atoms with Crippen LogP contribution in [0.3, 0.4) is 0 Å². The molecule has 4 N–H and O–H groups in total. The molecule has 4 heterocycles. The van der Waals surface area contributed by atoms with Gasteiger partial charge in [-0.25, -0.2) is 8.78 Å². The number of benzene rings is 2. The Morgan fingerprint density at radius 2 is 1.85 bits per heavy atom. The van der Waals surface area contributed by atoms with Gasteiger partial charge in [-0.05, 0) is 86.0 Å². The van der Waals surface area contributed by atoms with Crippen molar-refractivity contribution in [2.24, 2.45) is 5.41 Å². The molecular weight excluding hydrogens is 528 g/mol. The number of allylic oxidation sites excluding steroid dienone is 1. The van der Waals surface area contributed by atoms with Gasteiger partial charge < -0.3 is 26.2 Å². The van der Waals surface area contributed by atoms with Crippen molar-refractivity contribution in [3.8, 4) is 0 Å². The third-order valence-corrected chi connectivity index (χ3v) is 9.33. The molecule has 2 aromatic carbocycles. The van der Waals surface area contributed by atoms with Gasteiger partial charge in [0.1, 0.15) is 24.0 Å². The van der Waals surface area contributed by atoms with Crippen LogP contribution in [0.5, 0.6) is 0 Å². The van der Waals surface area contributed by atoms with Crippen LogP contribution in [0.4, 0.5) is 14.5 Å². The van der Waals surface area contributed by atoms with Gasteiger partial charge in [-0.3, -0.25) is 14.4 Å². The van der Waals surface area contributed by atoms with Crippen LogP contribution in [0, 0.1) is 17.0 Å². The average Bonchev–Trinajstić information content (AvgIpc) is 3.63. The number of hydrogen-bond donors (Lipinski definition) is 4. The molecule has 41 heavy (non-hydrogen) atoms. The number of carbonyl (C=O) groups excluding carboxylic acids is 3. The molecular formula is C31H31F2N5O3. The molecule has 0 saturated carbocycles. The Bertz CT molecular complexity index is 1530. The molecule has 3 atom stereocenters. The molecule has 2 saturated heterocycles. The SMILES string of the molecule is O=C(CN1C(=O)C2(CCCN2)CCC1c1cc(F)cc(F)c1)Nc1ccc2c(c1)CC1(C2)C(=O)NC2=C1C=CCN2. The Hall–Kier alpha value is -4.05. The normalized spacial score (nSPS) is 28.2. The number of likely N-dealkylation sites (tertiary alicyclic amines) is 1. The Kier molecular flexibility index (Phi) is 6.01. The van der Waals surface area contributed by atoms with E-state index in [2.05, 4.69) is 21.3 Å². The van der Waals surface area contributed by atoms with E-state index in [4.69, 9.17) is 0 Å².